The molecule has 0 aliphatic carbocycles. The van der Waals surface area contributed by atoms with Crippen molar-refractivity contribution < 1.29 is 9.53 Å². The Bertz CT molecular complexity index is 735. The van der Waals surface area contributed by atoms with E-state index in [0.717, 1.165) is 0 Å². The van der Waals surface area contributed by atoms with Crippen molar-refractivity contribution in [2.24, 2.45) is 0 Å². The number of carbonyl (C=O) groups is 1. The van der Waals surface area contributed by atoms with Crippen molar-refractivity contribution in [3.63, 3.8) is 0 Å². The number of ether oxygens (including phenoxy) is 1. The van der Waals surface area contributed by atoms with E-state index < -0.39 is 0 Å². The molecule has 0 unspecified atom stereocenters. The summed E-state index contributed by atoms with van der Waals surface area (Å²) >= 11 is 0. The van der Waals surface area contributed by atoms with Gasteiger partial charge in [-0.3, -0.25) is 14.2 Å². The molecule has 1 aliphatic rings. The van der Waals surface area contributed by atoms with Gasteiger partial charge in [0.1, 0.15) is 6.54 Å². The van der Waals surface area contributed by atoms with E-state index in [0.29, 0.717) is 42.9 Å². The van der Waals surface area contributed by atoms with Gasteiger partial charge < -0.3 is 15.4 Å². The van der Waals surface area contributed by atoms with Crippen LogP contribution in [0.1, 0.15) is 0 Å². The highest BCUT2D eigenvalue weighted by molar-refractivity contribution is 5.81. The number of nitrogens with zero attached hydrogens (tertiary/aromatic N) is 3. The molecule has 0 spiro atoms. The molecule has 0 saturated carbocycles. The van der Waals surface area contributed by atoms with Crippen molar-refractivity contribution in [2.75, 3.05) is 32.0 Å². The largest absolute Gasteiger partial charge is 0.399 e. The molecule has 2 aromatic rings. The van der Waals surface area contributed by atoms with Crippen LogP contribution < -0.4 is 11.3 Å². The molecular weight excluding hydrogens is 272 g/mol. The van der Waals surface area contributed by atoms with Crippen molar-refractivity contribution in [3.05, 3.63) is 34.9 Å². The minimum absolute atomic E-state index is 0.0173. The molecule has 1 fully saturated rings. The first-order valence-electron chi connectivity index (χ1n) is 6.75. The van der Waals surface area contributed by atoms with Gasteiger partial charge in [0.2, 0.25) is 5.91 Å². The number of fused-ring (bicyclic) bond motifs is 1. The zero-order valence-corrected chi connectivity index (χ0v) is 11.5. The lowest BCUT2D eigenvalue weighted by Gasteiger charge is -2.27. The Morgan fingerprint density at radius 2 is 2.10 bits per heavy atom. The van der Waals surface area contributed by atoms with Gasteiger partial charge in [-0.05, 0) is 18.2 Å². The number of morpholine rings is 1. The number of amides is 1. The van der Waals surface area contributed by atoms with Crippen LogP contribution >= 0.6 is 0 Å². The lowest BCUT2D eigenvalue weighted by Crippen LogP contribution is -2.43. The summed E-state index contributed by atoms with van der Waals surface area (Å²) in [6.45, 7) is 2.17. The molecule has 7 nitrogen and oxygen atoms in total. The molecule has 21 heavy (non-hydrogen) atoms. The molecular formula is C14H16N4O3. The summed E-state index contributed by atoms with van der Waals surface area (Å²) in [4.78, 5) is 30.4. The van der Waals surface area contributed by atoms with Crippen molar-refractivity contribution >= 4 is 22.5 Å². The predicted molar refractivity (Wildman–Crippen MR) is 77.8 cm³/mol. The monoisotopic (exact) mass is 288 g/mol. The standard InChI is InChI=1S/C14H16N4O3/c15-10-1-2-12-11(7-10)14(20)18(9-16-12)8-13(19)17-3-5-21-6-4-17/h1-2,7,9H,3-6,8,15H2. The number of hydrogen-bond acceptors (Lipinski definition) is 5. The summed E-state index contributed by atoms with van der Waals surface area (Å²) in [6.07, 6.45) is 1.40. The molecule has 1 aromatic carbocycles. The third kappa shape index (κ3) is 2.73. The van der Waals surface area contributed by atoms with Gasteiger partial charge in [0.25, 0.3) is 5.56 Å². The van der Waals surface area contributed by atoms with Crippen LogP contribution in [0, 0.1) is 0 Å². The summed E-state index contributed by atoms with van der Waals surface area (Å²) < 4.78 is 6.52. The van der Waals surface area contributed by atoms with Gasteiger partial charge in [-0.2, -0.15) is 0 Å². The Labute approximate surface area is 120 Å². The van der Waals surface area contributed by atoms with Crippen LogP contribution in [0.15, 0.2) is 29.3 Å². The molecule has 7 heteroatoms. The van der Waals surface area contributed by atoms with Gasteiger partial charge in [0.15, 0.2) is 0 Å². The third-order valence-corrected chi connectivity index (χ3v) is 3.52. The van der Waals surface area contributed by atoms with E-state index in [2.05, 4.69) is 4.98 Å². The number of nitrogens with two attached hydrogens (primary N) is 1. The van der Waals surface area contributed by atoms with Gasteiger partial charge >= 0.3 is 0 Å². The highest BCUT2D eigenvalue weighted by Crippen LogP contribution is 2.11. The first-order chi connectivity index (χ1) is 10.1. The van der Waals surface area contributed by atoms with Crippen LogP contribution in [0.4, 0.5) is 5.69 Å². The molecule has 0 radical (unpaired) electrons. The fourth-order valence-corrected chi connectivity index (χ4v) is 2.35. The molecule has 0 atom stereocenters. The Morgan fingerprint density at radius 3 is 2.86 bits per heavy atom. The van der Waals surface area contributed by atoms with Crippen molar-refractivity contribution in [3.8, 4) is 0 Å². The first kappa shape index (κ1) is 13.6. The molecule has 2 heterocycles. The predicted octanol–water partition coefficient (Wildman–Crippen LogP) is -0.163. The Morgan fingerprint density at radius 1 is 1.33 bits per heavy atom. The number of rotatable bonds is 2. The number of aromatic nitrogens is 2. The molecule has 0 bridgehead atoms. The second kappa shape index (κ2) is 5.53. The Hall–Kier alpha value is -2.41. The topological polar surface area (TPSA) is 90.4 Å². The smallest absolute Gasteiger partial charge is 0.261 e. The number of nitrogen functional groups attached to an aromatic ring is 1. The van der Waals surface area contributed by atoms with Gasteiger partial charge in [-0.15, -0.1) is 0 Å². The minimum atomic E-state index is -0.256. The zero-order valence-electron chi connectivity index (χ0n) is 11.5. The first-order valence-corrected chi connectivity index (χ1v) is 6.75. The van der Waals surface area contributed by atoms with E-state index in [1.54, 1.807) is 23.1 Å². The molecule has 1 aliphatic heterocycles. The molecule has 110 valence electrons. The lowest BCUT2D eigenvalue weighted by atomic mass is 10.2. The molecule has 3 rings (SSSR count). The van der Waals surface area contributed by atoms with E-state index in [9.17, 15) is 9.59 Å². The van der Waals surface area contributed by atoms with Crippen LogP contribution in [-0.4, -0.2) is 46.7 Å². The fraction of sp³-hybridized carbons (Fsp3) is 0.357. The maximum atomic E-state index is 12.4. The average Bonchev–Trinajstić information content (AvgIpc) is 2.51. The van der Waals surface area contributed by atoms with Crippen molar-refractivity contribution in [2.45, 2.75) is 6.54 Å². The van der Waals surface area contributed by atoms with Crippen LogP contribution in [0.25, 0.3) is 10.9 Å². The van der Waals surface area contributed by atoms with E-state index in [1.165, 1.54) is 10.9 Å². The summed E-state index contributed by atoms with van der Waals surface area (Å²) in [7, 11) is 0. The number of carbonyl (C=O) groups excluding carboxylic acids is 1. The molecule has 2 N–H and O–H groups in total. The van der Waals surface area contributed by atoms with Crippen molar-refractivity contribution in [1.82, 2.24) is 14.5 Å². The van der Waals surface area contributed by atoms with E-state index >= 15 is 0 Å². The second-order valence-electron chi connectivity index (χ2n) is 4.95. The van der Waals surface area contributed by atoms with Gasteiger partial charge in [0.05, 0.1) is 30.4 Å². The summed E-state index contributed by atoms with van der Waals surface area (Å²) in [5, 5.41) is 0.423. The maximum Gasteiger partial charge on any atom is 0.261 e. The van der Waals surface area contributed by atoms with E-state index in [-0.39, 0.29) is 18.0 Å². The fourth-order valence-electron chi connectivity index (χ4n) is 2.35. The van der Waals surface area contributed by atoms with E-state index in [1.807, 2.05) is 0 Å². The summed E-state index contributed by atoms with van der Waals surface area (Å²) in [6, 6.07) is 4.97. The average molecular weight is 288 g/mol. The van der Waals surface area contributed by atoms with Gasteiger partial charge in [-0.25, -0.2) is 4.98 Å². The number of anilines is 1. The van der Waals surface area contributed by atoms with Crippen LogP contribution in [0.5, 0.6) is 0 Å². The third-order valence-electron chi connectivity index (χ3n) is 3.52. The Kier molecular flexibility index (Phi) is 3.57. The summed E-state index contributed by atoms with van der Waals surface area (Å²) in [5.41, 5.74) is 6.51. The molecule has 1 saturated heterocycles. The molecule has 1 amide bonds. The van der Waals surface area contributed by atoms with Crippen LogP contribution in [-0.2, 0) is 16.1 Å². The normalized spacial score (nSPS) is 15.3. The van der Waals surface area contributed by atoms with Crippen molar-refractivity contribution in [1.29, 1.82) is 0 Å². The second-order valence-corrected chi connectivity index (χ2v) is 4.95. The quantitative estimate of drug-likeness (QED) is 0.775. The lowest BCUT2D eigenvalue weighted by molar-refractivity contribution is -0.135. The van der Waals surface area contributed by atoms with E-state index in [4.69, 9.17) is 10.5 Å². The van der Waals surface area contributed by atoms with Gasteiger partial charge in [0, 0.05) is 18.8 Å². The highest BCUT2D eigenvalue weighted by Gasteiger charge is 2.18. The highest BCUT2D eigenvalue weighted by atomic mass is 16.5. The molecule has 1 aromatic heterocycles. The maximum absolute atomic E-state index is 12.4. The van der Waals surface area contributed by atoms with Gasteiger partial charge in [-0.1, -0.05) is 0 Å². The van der Waals surface area contributed by atoms with Crippen LogP contribution in [0.3, 0.4) is 0 Å². The van der Waals surface area contributed by atoms with Crippen LogP contribution in [0.2, 0.25) is 0 Å². The minimum Gasteiger partial charge on any atom is -0.399 e. The number of benzene rings is 1. The Balaban J connectivity index is 1.88. The summed E-state index contributed by atoms with van der Waals surface area (Å²) in [5.74, 6) is -0.106. The zero-order chi connectivity index (χ0) is 14.8. The number of hydrogen-bond donors (Lipinski definition) is 1. The SMILES string of the molecule is Nc1ccc2ncn(CC(=O)N3CCOCC3)c(=O)c2c1.